The molecule has 0 unspecified atom stereocenters. The third-order valence-electron chi connectivity index (χ3n) is 5.23. The van der Waals surface area contributed by atoms with Gasteiger partial charge in [0.15, 0.2) is 0 Å². The molecule has 4 N–H and O–H groups in total. The van der Waals surface area contributed by atoms with Crippen LogP contribution in [0.5, 0.6) is 5.88 Å². The largest absolute Gasteiger partial charge is 0.475 e. The van der Waals surface area contributed by atoms with Crippen LogP contribution >= 0.6 is 0 Å². The Balaban J connectivity index is 2.17. The van der Waals surface area contributed by atoms with E-state index < -0.39 is 0 Å². The van der Waals surface area contributed by atoms with E-state index in [0.717, 1.165) is 17.6 Å². The third kappa shape index (κ3) is 3.15. The summed E-state index contributed by atoms with van der Waals surface area (Å²) in [5.41, 5.74) is 16.2. The highest BCUT2D eigenvalue weighted by Crippen LogP contribution is 2.30. The van der Waals surface area contributed by atoms with Crippen molar-refractivity contribution in [3.05, 3.63) is 23.4 Å². The van der Waals surface area contributed by atoms with Crippen LogP contribution in [0.25, 0.3) is 5.52 Å². The first-order valence-corrected chi connectivity index (χ1v) is 8.34. The van der Waals surface area contributed by atoms with Crippen LogP contribution in [0.15, 0.2) is 12.1 Å². The highest BCUT2D eigenvalue weighted by atomic mass is 16.5. The summed E-state index contributed by atoms with van der Waals surface area (Å²) in [6, 6.07) is 4.03. The molecule has 0 aliphatic heterocycles. The Kier molecular flexibility index (Phi) is 4.90. The number of aromatic nitrogens is 2. The molecule has 0 atom stereocenters. The number of nitrogen functional groups attached to an aromatic ring is 1. The molecule has 23 heavy (non-hydrogen) atoms. The lowest BCUT2D eigenvalue weighted by Crippen LogP contribution is -2.50. The van der Waals surface area contributed by atoms with E-state index in [1.807, 2.05) is 17.5 Å². The summed E-state index contributed by atoms with van der Waals surface area (Å²) in [6.07, 6.45) is 0.771. The number of fused-ring (bicyclic) bond motifs is 1. The molecule has 0 aliphatic rings. The molecule has 128 valence electrons. The molecule has 2 aromatic heterocycles. The first-order chi connectivity index (χ1) is 10.7. The SMILES string of the molecule is Cc1ccc2c(N)c(OCCC(N)(C(C)C)C(C)C)nn2c1C. The van der Waals surface area contributed by atoms with Crippen molar-refractivity contribution in [1.82, 2.24) is 9.61 Å². The summed E-state index contributed by atoms with van der Waals surface area (Å²) >= 11 is 0. The molecular formula is C18H30N4O. The average molecular weight is 318 g/mol. The quantitative estimate of drug-likeness (QED) is 0.856. The summed E-state index contributed by atoms with van der Waals surface area (Å²) < 4.78 is 7.72. The summed E-state index contributed by atoms with van der Waals surface area (Å²) in [4.78, 5) is 0. The first-order valence-electron chi connectivity index (χ1n) is 8.34. The van der Waals surface area contributed by atoms with Gasteiger partial charge in [0.1, 0.15) is 5.69 Å². The molecule has 0 aromatic carbocycles. The molecule has 0 fully saturated rings. The highest BCUT2D eigenvalue weighted by Gasteiger charge is 2.32. The maximum atomic E-state index is 6.57. The molecule has 5 heteroatoms. The van der Waals surface area contributed by atoms with E-state index in [1.165, 1.54) is 5.56 Å². The molecule has 0 amide bonds. The lowest BCUT2D eigenvalue weighted by molar-refractivity contribution is 0.164. The van der Waals surface area contributed by atoms with Crippen LogP contribution in [0.4, 0.5) is 5.69 Å². The normalized spacial score (nSPS) is 12.6. The number of pyridine rings is 1. The Morgan fingerprint density at radius 3 is 2.35 bits per heavy atom. The van der Waals surface area contributed by atoms with E-state index in [1.54, 1.807) is 0 Å². The molecule has 0 bridgehead atoms. The number of nitrogens with zero attached hydrogens (tertiary/aromatic N) is 2. The molecule has 2 rings (SSSR count). The summed E-state index contributed by atoms with van der Waals surface area (Å²) in [5.74, 6) is 1.26. The van der Waals surface area contributed by atoms with Gasteiger partial charge in [-0.2, -0.15) is 0 Å². The topological polar surface area (TPSA) is 78.6 Å². The van der Waals surface area contributed by atoms with Gasteiger partial charge in [0.25, 0.3) is 5.88 Å². The van der Waals surface area contributed by atoms with Gasteiger partial charge in [-0.15, -0.1) is 5.10 Å². The summed E-state index contributed by atoms with van der Waals surface area (Å²) in [6.45, 7) is 13.2. The van der Waals surface area contributed by atoms with Gasteiger partial charge < -0.3 is 16.2 Å². The zero-order valence-electron chi connectivity index (χ0n) is 15.2. The molecule has 2 aromatic rings. The van der Waals surface area contributed by atoms with Crippen molar-refractivity contribution in [3.8, 4) is 5.88 Å². The van der Waals surface area contributed by atoms with Crippen molar-refractivity contribution in [1.29, 1.82) is 0 Å². The van der Waals surface area contributed by atoms with E-state index in [2.05, 4.69) is 45.8 Å². The van der Waals surface area contributed by atoms with Crippen LogP contribution in [0.2, 0.25) is 0 Å². The Labute approximate surface area is 139 Å². The van der Waals surface area contributed by atoms with Gasteiger partial charge >= 0.3 is 0 Å². The zero-order valence-corrected chi connectivity index (χ0v) is 15.2. The second-order valence-corrected chi connectivity index (χ2v) is 7.14. The van der Waals surface area contributed by atoms with Crippen LogP contribution in [0, 0.1) is 25.7 Å². The van der Waals surface area contributed by atoms with Gasteiger partial charge in [-0.05, 0) is 43.7 Å². The Bertz CT molecular complexity index is 680. The van der Waals surface area contributed by atoms with E-state index >= 15 is 0 Å². The molecule has 5 nitrogen and oxygen atoms in total. The minimum atomic E-state index is -0.250. The van der Waals surface area contributed by atoms with E-state index in [-0.39, 0.29) is 5.54 Å². The number of rotatable bonds is 6. The lowest BCUT2D eigenvalue weighted by atomic mass is 9.76. The molecule has 0 saturated heterocycles. The van der Waals surface area contributed by atoms with Crippen molar-refractivity contribution in [2.24, 2.45) is 17.6 Å². The predicted molar refractivity (Wildman–Crippen MR) is 95.8 cm³/mol. The number of aryl methyl sites for hydroxylation is 2. The molecule has 0 saturated carbocycles. The van der Waals surface area contributed by atoms with E-state index in [4.69, 9.17) is 16.2 Å². The fraction of sp³-hybridized carbons (Fsp3) is 0.611. The van der Waals surface area contributed by atoms with Gasteiger partial charge in [0.05, 0.1) is 12.1 Å². The number of hydrogen-bond donors (Lipinski definition) is 2. The second kappa shape index (κ2) is 6.40. The van der Waals surface area contributed by atoms with Gasteiger partial charge in [-0.1, -0.05) is 33.8 Å². The lowest BCUT2D eigenvalue weighted by Gasteiger charge is -2.37. The Hall–Kier alpha value is -1.75. The van der Waals surface area contributed by atoms with Crippen LogP contribution in [0.1, 0.15) is 45.4 Å². The minimum absolute atomic E-state index is 0.250. The standard InChI is InChI=1S/C18H30N4O/c1-11(2)18(20,12(3)4)9-10-23-17-16(19)15-8-7-13(5)14(6)22(15)21-17/h7-8,11-12H,9-10,19-20H2,1-6H3. The van der Waals surface area contributed by atoms with E-state index in [9.17, 15) is 0 Å². The smallest absolute Gasteiger partial charge is 0.257 e. The fourth-order valence-electron chi connectivity index (χ4n) is 3.00. The molecule has 0 spiro atoms. The number of hydrogen-bond acceptors (Lipinski definition) is 4. The zero-order chi connectivity index (χ0) is 17.4. The van der Waals surface area contributed by atoms with Gasteiger partial charge in [-0.25, -0.2) is 4.52 Å². The van der Waals surface area contributed by atoms with Gasteiger partial charge in [-0.3, -0.25) is 0 Å². The third-order valence-corrected chi connectivity index (χ3v) is 5.23. The van der Waals surface area contributed by atoms with Gasteiger partial charge in [0.2, 0.25) is 0 Å². The second-order valence-electron chi connectivity index (χ2n) is 7.14. The monoisotopic (exact) mass is 318 g/mol. The van der Waals surface area contributed by atoms with Crippen molar-refractivity contribution >= 4 is 11.2 Å². The average Bonchev–Trinajstić information content (AvgIpc) is 2.80. The first kappa shape index (κ1) is 17.6. The van der Waals surface area contributed by atoms with Crippen molar-refractivity contribution in [2.45, 2.75) is 53.5 Å². The van der Waals surface area contributed by atoms with Crippen molar-refractivity contribution in [3.63, 3.8) is 0 Å². The molecular weight excluding hydrogens is 288 g/mol. The van der Waals surface area contributed by atoms with Crippen LogP contribution in [0.3, 0.4) is 0 Å². The number of anilines is 1. The molecule has 0 radical (unpaired) electrons. The summed E-state index contributed by atoms with van der Waals surface area (Å²) in [5, 5.41) is 4.51. The minimum Gasteiger partial charge on any atom is -0.475 e. The molecule has 2 heterocycles. The van der Waals surface area contributed by atoms with Crippen molar-refractivity contribution < 1.29 is 4.74 Å². The number of ether oxygens (including phenoxy) is 1. The Morgan fingerprint density at radius 1 is 1.17 bits per heavy atom. The van der Waals surface area contributed by atoms with Gasteiger partial charge in [0, 0.05) is 11.2 Å². The summed E-state index contributed by atoms with van der Waals surface area (Å²) in [7, 11) is 0. The highest BCUT2D eigenvalue weighted by molar-refractivity contribution is 5.75. The fourth-order valence-corrected chi connectivity index (χ4v) is 3.00. The predicted octanol–water partition coefficient (Wildman–Crippen LogP) is 3.31. The van der Waals surface area contributed by atoms with Crippen LogP contribution in [-0.2, 0) is 0 Å². The van der Waals surface area contributed by atoms with Crippen LogP contribution in [-0.4, -0.2) is 21.8 Å². The maximum Gasteiger partial charge on any atom is 0.257 e. The number of nitrogens with two attached hydrogens (primary N) is 2. The van der Waals surface area contributed by atoms with Crippen molar-refractivity contribution in [2.75, 3.05) is 12.3 Å². The van der Waals surface area contributed by atoms with Crippen LogP contribution < -0.4 is 16.2 Å². The molecule has 0 aliphatic carbocycles. The Morgan fingerprint density at radius 2 is 1.78 bits per heavy atom. The van der Waals surface area contributed by atoms with E-state index in [0.29, 0.717) is 30.0 Å². The maximum absolute atomic E-state index is 6.57.